The van der Waals surface area contributed by atoms with Crippen LogP contribution in [0.1, 0.15) is 13.2 Å². The number of anilines is 1. The second-order valence-electron chi connectivity index (χ2n) is 4.70. The number of halogens is 1. The van der Waals surface area contributed by atoms with E-state index in [1.165, 1.54) is 6.33 Å². The molecule has 0 aliphatic carbocycles. The molecular weight excluding hydrogens is 314 g/mol. The number of alkyl halides is 1. The maximum Gasteiger partial charge on any atom is 0.167 e. The van der Waals surface area contributed by atoms with Crippen LogP contribution in [0.4, 0.5) is 5.82 Å². The fourth-order valence-electron chi connectivity index (χ4n) is 2.49. The van der Waals surface area contributed by atoms with Crippen molar-refractivity contribution in [2.75, 3.05) is 18.1 Å². The maximum absolute atomic E-state index is 9.41. The van der Waals surface area contributed by atoms with Gasteiger partial charge in [0.2, 0.25) is 0 Å². The lowest BCUT2D eigenvalue weighted by Gasteiger charge is -2.20. The maximum atomic E-state index is 9.41. The van der Waals surface area contributed by atoms with Crippen LogP contribution in [0.3, 0.4) is 0 Å². The molecule has 0 amide bonds. The van der Waals surface area contributed by atoms with Crippen molar-refractivity contribution in [3.05, 3.63) is 12.7 Å². The van der Waals surface area contributed by atoms with Gasteiger partial charge in [0.15, 0.2) is 17.7 Å². The van der Waals surface area contributed by atoms with Crippen LogP contribution >= 0.6 is 23.4 Å². The molecule has 3 N–H and O–H groups in total. The molecule has 0 saturated carbocycles. The van der Waals surface area contributed by atoms with Crippen molar-refractivity contribution in [2.45, 2.75) is 29.9 Å². The molecule has 7 nitrogen and oxygen atoms in total. The lowest BCUT2D eigenvalue weighted by atomic mass is 10.2. The zero-order valence-electron chi connectivity index (χ0n) is 11.4. The second-order valence-corrected chi connectivity index (χ2v) is 6.65. The summed E-state index contributed by atoms with van der Waals surface area (Å²) in [7, 11) is 0. The number of ether oxygens (including phenoxy) is 1. The van der Waals surface area contributed by atoms with Crippen LogP contribution in [0.15, 0.2) is 12.7 Å². The van der Waals surface area contributed by atoms with Crippen molar-refractivity contribution in [1.82, 2.24) is 19.5 Å². The number of hydrogen-bond acceptors (Lipinski definition) is 7. The number of hydrogen-bond donors (Lipinski definition) is 2. The fraction of sp³-hybridized carbons (Fsp3) is 0.583. The van der Waals surface area contributed by atoms with Gasteiger partial charge in [-0.3, -0.25) is 4.57 Å². The van der Waals surface area contributed by atoms with Crippen molar-refractivity contribution in [2.24, 2.45) is 0 Å². The van der Waals surface area contributed by atoms with E-state index < -0.39 is 6.10 Å². The summed E-state index contributed by atoms with van der Waals surface area (Å²) in [5.74, 6) is 1.23. The second kappa shape index (κ2) is 5.96. The van der Waals surface area contributed by atoms with Crippen LogP contribution in [0.25, 0.3) is 11.2 Å². The summed E-state index contributed by atoms with van der Waals surface area (Å²) >= 11 is 8.11. The molecular formula is C12H16ClN5O2S. The Bertz CT molecular complexity index is 639. The van der Waals surface area contributed by atoms with E-state index in [2.05, 4.69) is 21.9 Å². The lowest BCUT2D eigenvalue weighted by Crippen LogP contribution is -2.26. The SMILES string of the molecule is CCS[C@H]1C(Cl)[C@@H](CO)O[C@H]1n1cnc2c(N)ncnc21. The number of imidazole rings is 1. The molecule has 1 saturated heterocycles. The standard InChI is InChI=1S/C12H16ClN5O2S/c1-2-21-9-7(13)6(3-19)20-12(9)18-5-17-8-10(14)15-4-16-11(8)18/h4-7,9,12,19H,2-3H2,1H3,(H2,14,15,16)/t6-,7?,9+,12-/m1/s1. The molecule has 1 aliphatic rings. The molecule has 0 spiro atoms. The predicted molar refractivity (Wildman–Crippen MR) is 82.3 cm³/mol. The molecule has 21 heavy (non-hydrogen) atoms. The molecule has 1 unspecified atom stereocenters. The molecule has 3 rings (SSSR count). The topological polar surface area (TPSA) is 99.1 Å². The van der Waals surface area contributed by atoms with Gasteiger partial charge in [-0.25, -0.2) is 15.0 Å². The largest absolute Gasteiger partial charge is 0.394 e. The van der Waals surface area contributed by atoms with Gasteiger partial charge in [-0.1, -0.05) is 6.92 Å². The molecule has 2 aromatic heterocycles. The van der Waals surface area contributed by atoms with Gasteiger partial charge in [0.25, 0.3) is 0 Å². The average Bonchev–Trinajstić information content (AvgIpc) is 3.03. The monoisotopic (exact) mass is 329 g/mol. The van der Waals surface area contributed by atoms with Crippen molar-refractivity contribution < 1.29 is 9.84 Å². The molecule has 9 heteroatoms. The van der Waals surface area contributed by atoms with Gasteiger partial charge >= 0.3 is 0 Å². The van der Waals surface area contributed by atoms with E-state index in [1.807, 2.05) is 4.57 Å². The first kappa shape index (κ1) is 14.8. The number of aliphatic hydroxyl groups excluding tert-OH is 1. The third-order valence-electron chi connectivity index (χ3n) is 3.46. The number of aliphatic hydroxyl groups is 1. The van der Waals surface area contributed by atoms with Crippen LogP contribution in [0.2, 0.25) is 0 Å². The molecule has 0 aromatic carbocycles. The van der Waals surface area contributed by atoms with E-state index in [0.717, 1.165) is 5.75 Å². The molecule has 2 aromatic rings. The minimum atomic E-state index is -0.405. The van der Waals surface area contributed by atoms with Crippen molar-refractivity contribution >= 4 is 40.3 Å². The van der Waals surface area contributed by atoms with Crippen LogP contribution in [-0.4, -0.2) is 53.7 Å². The van der Waals surface area contributed by atoms with Gasteiger partial charge in [0, 0.05) is 0 Å². The van der Waals surface area contributed by atoms with E-state index in [1.54, 1.807) is 18.1 Å². The smallest absolute Gasteiger partial charge is 0.167 e. The quantitative estimate of drug-likeness (QED) is 0.808. The number of nitrogens with two attached hydrogens (primary N) is 1. The minimum Gasteiger partial charge on any atom is -0.394 e. The summed E-state index contributed by atoms with van der Waals surface area (Å²) in [6.45, 7) is 1.94. The third kappa shape index (κ3) is 2.46. The Hall–Kier alpha value is -1.09. The Morgan fingerprint density at radius 3 is 3.00 bits per heavy atom. The molecule has 114 valence electrons. The summed E-state index contributed by atoms with van der Waals surface area (Å²) in [6.07, 6.45) is 2.28. The predicted octanol–water partition coefficient (Wildman–Crippen LogP) is 1.03. The van der Waals surface area contributed by atoms with Gasteiger partial charge < -0.3 is 15.6 Å². The highest BCUT2D eigenvalue weighted by atomic mass is 35.5. The van der Waals surface area contributed by atoms with Gasteiger partial charge in [-0.2, -0.15) is 11.8 Å². The number of aromatic nitrogens is 4. The summed E-state index contributed by atoms with van der Waals surface area (Å²) in [5, 5.41) is 9.13. The number of fused-ring (bicyclic) bond motifs is 1. The summed E-state index contributed by atoms with van der Waals surface area (Å²) < 4.78 is 7.71. The zero-order valence-corrected chi connectivity index (χ0v) is 13.0. The zero-order chi connectivity index (χ0) is 15.0. The van der Waals surface area contributed by atoms with Gasteiger partial charge in [-0.05, 0) is 5.75 Å². The number of rotatable bonds is 4. The highest BCUT2D eigenvalue weighted by Crippen LogP contribution is 2.41. The first-order valence-corrected chi connectivity index (χ1v) is 8.10. The molecule has 1 aliphatic heterocycles. The van der Waals surface area contributed by atoms with E-state index in [9.17, 15) is 5.11 Å². The Labute approximate surface area is 130 Å². The highest BCUT2D eigenvalue weighted by molar-refractivity contribution is 8.00. The Kier molecular flexibility index (Phi) is 4.21. The van der Waals surface area contributed by atoms with E-state index in [-0.39, 0.29) is 23.5 Å². The van der Waals surface area contributed by atoms with Gasteiger partial charge in [0.05, 0.1) is 23.6 Å². The first-order valence-electron chi connectivity index (χ1n) is 6.62. The Morgan fingerprint density at radius 1 is 1.48 bits per heavy atom. The summed E-state index contributed by atoms with van der Waals surface area (Å²) in [4.78, 5) is 12.4. The van der Waals surface area contributed by atoms with Crippen LogP contribution < -0.4 is 5.73 Å². The van der Waals surface area contributed by atoms with E-state index in [4.69, 9.17) is 22.1 Å². The number of thioether (sulfide) groups is 1. The Morgan fingerprint density at radius 2 is 2.29 bits per heavy atom. The average molecular weight is 330 g/mol. The Balaban J connectivity index is 2.02. The third-order valence-corrected chi connectivity index (χ3v) is 5.41. The normalized spacial score (nSPS) is 29.3. The molecule has 4 atom stereocenters. The van der Waals surface area contributed by atoms with E-state index >= 15 is 0 Å². The van der Waals surface area contributed by atoms with Crippen molar-refractivity contribution in [3.63, 3.8) is 0 Å². The number of nitrogen functional groups attached to an aromatic ring is 1. The lowest BCUT2D eigenvalue weighted by molar-refractivity contribution is -0.0189. The van der Waals surface area contributed by atoms with Crippen molar-refractivity contribution in [3.8, 4) is 0 Å². The van der Waals surface area contributed by atoms with Crippen LogP contribution in [0.5, 0.6) is 0 Å². The minimum absolute atomic E-state index is 0.00223. The fourth-order valence-corrected chi connectivity index (χ4v) is 4.08. The molecule has 0 bridgehead atoms. The highest BCUT2D eigenvalue weighted by Gasteiger charge is 2.44. The molecule has 3 heterocycles. The first-order chi connectivity index (χ1) is 10.2. The van der Waals surface area contributed by atoms with Gasteiger partial charge in [0.1, 0.15) is 17.9 Å². The summed E-state index contributed by atoms with van der Waals surface area (Å²) in [6, 6.07) is 0. The van der Waals surface area contributed by atoms with Crippen LogP contribution in [0, 0.1) is 0 Å². The molecule has 0 radical (unpaired) electrons. The van der Waals surface area contributed by atoms with E-state index in [0.29, 0.717) is 17.0 Å². The van der Waals surface area contributed by atoms with Crippen molar-refractivity contribution in [1.29, 1.82) is 0 Å². The summed E-state index contributed by atoms with van der Waals surface area (Å²) in [5.41, 5.74) is 6.95. The van der Waals surface area contributed by atoms with Gasteiger partial charge in [-0.15, -0.1) is 11.6 Å². The number of nitrogens with zero attached hydrogens (tertiary/aromatic N) is 4. The molecule has 1 fully saturated rings. The van der Waals surface area contributed by atoms with Crippen LogP contribution in [-0.2, 0) is 4.74 Å².